The zero-order valence-corrected chi connectivity index (χ0v) is 15.5. The summed E-state index contributed by atoms with van der Waals surface area (Å²) in [7, 11) is -2.70. The molecule has 0 fully saturated rings. The average Bonchev–Trinajstić information content (AvgIpc) is 2.51. The molecular weight excluding hydrogens is 304 g/mol. The van der Waals surface area contributed by atoms with E-state index in [1.165, 1.54) is 18.4 Å². The Bertz CT molecular complexity index is 517. The van der Waals surface area contributed by atoms with Crippen molar-refractivity contribution < 1.29 is 13.3 Å². The molecule has 4 heteroatoms. The molecule has 0 unspecified atom stereocenters. The fraction of sp³-hybridized carbons (Fsp3) is 0.474. The standard InChI is InChI=1S/C19H28O3Si/c1-4-20-23(21-5-2,22-6-3)15-14-17-10-12-19(13-11-17)16-18-8-7-9-18/h8,10-15H,4-7,9,16H2,1-3H3. The van der Waals surface area contributed by atoms with Crippen molar-refractivity contribution in [1.82, 2.24) is 0 Å². The normalized spacial score (nSPS) is 14.8. The van der Waals surface area contributed by atoms with E-state index in [1.807, 2.05) is 26.5 Å². The van der Waals surface area contributed by atoms with Gasteiger partial charge in [-0.1, -0.05) is 42.0 Å². The smallest absolute Gasteiger partial charge is 0.371 e. The lowest BCUT2D eigenvalue weighted by molar-refractivity contribution is 0.0845. The van der Waals surface area contributed by atoms with E-state index in [-0.39, 0.29) is 0 Å². The Balaban J connectivity index is 2.05. The second-order valence-corrected chi connectivity index (χ2v) is 7.96. The number of hydrogen-bond donors (Lipinski definition) is 0. The summed E-state index contributed by atoms with van der Waals surface area (Å²) in [4.78, 5) is 0. The maximum atomic E-state index is 5.83. The van der Waals surface area contributed by atoms with Crippen LogP contribution in [0, 0.1) is 0 Å². The Morgan fingerprint density at radius 2 is 1.52 bits per heavy atom. The summed E-state index contributed by atoms with van der Waals surface area (Å²) in [6.45, 7) is 7.67. The molecule has 0 saturated heterocycles. The van der Waals surface area contributed by atoms with E-state index in [2.05, 4.69) is 36.4 Å². The van der Waals surface area contributed by atoms with Gasteiger partial charge in [0.05, 0.1) is 0 Å². The third-order valence-corrected chi connectivity index (χ3v) is 6.47. The van der Waals surface area contributed by atoms with Gasteiger partial charge in [-0.15, -0.1) is 0 Å². The zero-order chi connectivity index (χ0) is 16.5. The zero-order valence-electron chi connectivity index (χ0n) is 14.5. The molecule has 3 nitrogen and oxygen atoms in total. The topological polar surface area (TPSA) is 27.7 Å². The molecule has 1 aromatic rings. The Labute approximate surface area is 141 Å². The molecule has 0 amide bonds. The van der Waals surface area contributed by atoms with Gasteiger partial charge in [0.2, 0.25) is 0 Å². The average molecular weight is 333 g/mol. The molecule has 0 heterocycles. The summed E-state index contributed by atoms with van der Waals surface area (Å²) in [5.74, 6) is 0. The van der Waals surface area contributed by atoms with Crippen LogP contribution in [0.1, 0.15) is 44.7 Å². The van der Waals surface area contributed by atoms with Gasteiger partial charge in [0.1, 0.15) is 0 Å². The monoisotopic (exact) mass is 332 g/mol. The van der Waals surface area contributed by atoms with Crippen molar-refractivity contribution in [2.75, 3.05) is 19.8 Å². The molecule has 0 bridgehead atoms. The first kappa shape index (κ1) is 18.1. The highest BCUT2D eigenvalue weighted by molar-refractivity contribution is 6.67. The van der Waals surface area contributed by atoms with Gasteiger partial charge in [0, 0.05) is 19.8 Å². The first-order valence-corrected chi connectivity index (χ1v) is 10.4. The van der Waals surface area contributed by atoms with Crippen LogP contribution in [-0.4, -0.2) is 28.6 Å². The highest BCUT2D eigenvalue weighted by Crippen LogP contribution is 2.22. The largest absolute Gasteiger partial charge is 0.529 e. The molecule has 0 aliphatic heterocycles. The molecule has 23 heavy (non-hydrogen) atoms. The van der Waals surface area contributed by atoms with E-state index < -0.39 is 8.80 Å². The summed E-state index contributed by atoms with van der Waals surface area (Å²) in [6.07, 6.45) is 7.97. The predicted molar refractivity (Wildman–Crippen MR) is 97.1 cm³/mol. The van der Waals surface area contributed by atoms with Gasteiger partial charge in [-0.25, -0.2) is 0 Å². The third kappa shape index (κ3) is 5.43. The number of allylic oxidation sites excluding steroid dienone is 2. The Morgan fingerprint density at radius 3 is 1.96 bits per heavy atom. The molecule has 1 aromatic carbocycles. The first-order chi connectivity index (χ1) is 11.2. The van der Waals surface area contributed by atoms with Gasteiger partial charge in [-0.05, 0) is 56.9 Å². The van der Waals surface area contributed by atoms with Gasteiger partial charge in [-0.2, -0.15) is 0 Å². The van der Waals surface area contributed by atoms with Gasteiger partial charge >= 0.3 is 8.80 Å². The second kappa shape index (κ2) is 9.18. The minimum atomic E-state index is -2.70. The molecule has 2 rings (SSSR count). The summed E-state index contributed by atoms with van der Waals surface area (Å²) < 4.78 is 17.5. The summed E-state index contributed by atoms with van der Waals surface area (Å²) >= 11 is 0. The lowest BCUT2D eigenvalue weighted by Crippen LogP contribution is -2.44. The van der Waals surface area contributed by atoms with E-state index >= 15 is 0 Å². The fourth-order valence-corrected chi connectivity index (χ4v) is 4.73. The number of hydrogen-bond acceptors (Lipinski definition) is 3. The van der Waals surface area contributed by atoms with Crippen LogP contribution >= 0.6 is 0 Å². The van der Waals surface area contributed by atoms with E-state index in [9.17, 15) is 0 Å². The number of benzene rings is 1. The maximum absolute atomic E-state index is 5.83. The molecule has 0 saturated carbocycles. The molecule has 1 aliphatic rings. The van der Waals surface area contributed by atoms with Crippen molar-refractivity contribution in [1.29, 1.82) is 0 Å². The molecule has 0 aromatic heterocycles. The SMILES string of the molecule is CCO[Si](C=Cc1ccc(CC2=CCC2)cc1)(OCC)OCC. The van der Waals surface area contributed by atoms with E-state index in [4.69, 9.17) is 13.3 Å². The molecular formula is C19H28O3Si. The van der Waals surface area contributed by atoms with Crippen molar-refractivity contribution in [3.63, 3.8) is 0 Å². The molecule has 0 spiro atoms. The van der Waals surface area contributed by atoms with Crippen LogP contribution in [0.5, 0.6) is 0 Å². The van der Waals surface area contributed by atoms with Crippen LogP contribution in [0.4, 0.5) is 0 Å². The highest BCUT2D eigenvalue weighted by atomic mass is 28.4. The first-order valence-electron chi connectivity index (χ1n) is 8.59. The molecule has 1 aliphatic carbocycles. The van der Waals surface area contributed by atoms with Gasteiger partial charge in [0.25, 0.3) is 0 Å². The molecule has 126 valence electrons. The van der Waals surface area contributed by atoms with Crippen molar-refractivity contribution in [2.24, 2.45) is 0 Å². The van der Waals surface area contributed by atoms with Crippen molar-refractivity contribution in [3.8, 4) is 0 Å². The summed E-state index contributed by atoms with van der Waals surface area (Å²) in [5.41, 5.74) is 6.07. The Hall–Kier alpha value is -1.20. The van der Waals surface area contributed by atoms with Gasteiger partial charge in [-0.3, -0.25) is 0 Å². The van der Waals surface area contributed by atoms with Crippen LogP contribution < -0.4 is 0 Å². The minimum absolute atomic E-state index is 0.588. The van der Waals surface area contributed by atoms with E-state index in [0.717, 1.165) is 12.0 Å². The summed E-state index contributed by atoms with van der Waals surface area (Å²) in [5, 5.41) is 0. The Kier molecular flexibility index (Phi) is 7.24. The van der Waals surface area contributed by atoms with Crippen LogP contribution in [-0.2, 0) is 19.7 Å². The van der Waals surface area contributed by atoms with Crippen molar-refractivity contribution in [3.05, 3.63) is 52.7 Å². The molecule has 0 radical (unpaired) electrons. The van der Waals surface area contributed by atoms with E-state index in [0.29, 0.717) is 19.8 Å². The lowest BCUT2D eigenvalue weighted by Gasteiger charge is -2.25. The van der Waals surface area contributed by atoms with Crippen LogP contribution in [0.3, 0.4) is 0 Å². The van der Waals surface area contributed by atoms with Gasteiger partial charge < -0.3 is 13.3 Å². The van der Waals surface area contributed by atoms with Crippen LogP contribution in [0.25, 0.3) is 6.08 Å². The predicted octanol–water partition coefficient (Wildman–Crippen LogP) is 4.55. The van der Waals surface area contributed by atoms with Crippen LogP contribution in [0.2, 0.25) is 0 Å². The van der Waals surface area contributed by atoms with Crippen molar-refractivity contribution >= 4 is 14.9 Å². The third-order valence-electron chi connectivity index (χ3n) is 3.83. The van der Waals surface area contributed by atoms with E-state index in [1.54, 1.807) is 5.57 Å². The fourth-order valence-electron chi connectivity index (χ4n) is 2.59. The minimum Gasteiger partial charge on any atom is -0.371 e. The van der Waals surface area contributed by atoms with Crippen molar-refractivity contribution in [2.45, 2.75) is 40.0 Å². The maximum Gasteiger partial charge on any atom is 0.529 e. The Morgan fingerprint density at radius 1 is 0.957 bits per heavy atom. The number of rotatable bonds is 10. The molecule has 0 N–H and O–H groups in total. The highest BCUT2D eigenvalue weighted by Gasteiger charge is 2.37. The molecule has 0 atom stereocenters. The quantitative estimate of drug-likeness (QED) is 0.465. The summed E-state index contributed by atoms with van der Waals surface area (Å²) in [6, 6.07) is 8.69. The lowest BCUT2D eigenvalue weighted by atomic mass is 9.92. The van der Waals surface area contributed by atoms with Gasteiger partial charge in [0.15, 0.2) is 0 Å². The second-order valence-electron chi connectivity index (χ2n) is 5.56. The van der Waals surface area contributed by atoms with Crippen LogP contribution in [0.15, 0.2) is 41.6 Å².